The van der Waals surface area contributed by atoms with Crippen LogP contribution in [0.3, 0.4) is 0 Å². The van der Waals surface area contributed by atoms with Crippen molar-refractivity contribution in [2.24, 2.45) is 0 Å². The molecule has 3 nitrogen and oxygen atoms in total. The van der Waals surface area contributed by atoms with Crippen molar-refractivity contribution in [3.8, 4) is 5.75 Å². The molecule has 1 atom stereocenters. The van der Waals surface area contributed by atoms with Gasteiger partial charge in [0, 0.05) is 5.57 Å². The van der Waals surface area contributed by atoms with Crippen molar-refractivity contribution < 1.29 is 27.4 Å². The molecule has 0 spiro atoms. The minimum atomic E-state index is -4.67. The second-order valence-electron chi connectivity index (χ2n) is 5.78. The van der Waals surface area contributed by atoms with E-state index in [1.807, 2.05) is 0 Å². The lowest BCUT2D eigenvalue weighted by atomic mass is 9.91. The number of carbonyl (C=O) groups excluding carboxylic acids is 1. The van der Waals surface area contributed by atoms with Crippen LogP contribution in [0, 0.1) is 0 Å². The molecule has 122 valence electrons. The average molecular weight is 316 g/mol. The standard InChI is InChI=1S/C16H19F3O3/c1-10(14(20)22-15(2,3)4)13(16(17,18)19)11-7-6-8-12(9-11)21-5/h6-9,13H,1H2,2-5H3. The molecular weight excluding hydrogens is 297 g/mol. The highest BCUT2D eigenvalue weighted by Gasteiger charge is 2.45. The highest BCUT2D eigenvalue weighted by molar-refractivity contribution is 5.90. The molecule has 0 heterocycles. The summed E-state index contributed by atoms with van der Waals surface area (Å²) >= 11 is 0. The summed E-state index contributed by atoms with van der Waals surface area (Å²) in [6.07, 6.45) is -4.67. The maximum absolute atomic E-state index is 13.4. The lowest BCUT2D eigenvalue weighted by molar-refractivity contribution is -0.161. The summed E-state index contributed by atoms with van der Waals surface area (Å²) in [7, 11) is 1.35. The normalized spacial score (nSPS) is 13.4. The van der Waals surface area contributed by atoms with E-state index in [0.717, 1.165) is 0 Å². The maximum atomic E-state index is 13.4. The van der Waals surface area contributed by atoms with Crippen molar-refractivity contribution in [2.45, 2.75) is 38.5 Å². The van der Waals surface area contributed by atoms with E-state index < -0.39 is 29.2 Å². The lowest BCUT2D eigenvalue weighted by Crippen LogP contribution is -2.31. The number of rotatable bonds is 4. The van der Waals surface area contributed by atoms with Crippen molar-refractivity contribution in [2.75, 3.05) is 7.11 Å². The van der Waals surface area contributed by atoms with Crippen LogP contribution >= 0.6 is 0 Å². The third kappa shape index (κ3) is 4.79. The molecule has 0 fully saturated rings. The molecule has 0 aliphatic heterocycles. The molecule has 0 aromatic heterocycles. The van der Waals surface area contributed by atoms with Gasteiger partial charge < -0.3 is 9.47 Å². The average Bonchev–Trinajstić information content (AvgIpc) is 2.35. The van der Waals surface area contributed by atoms with E-state index in [1.165, 1.54) is 31.4 Å². The first kappa shape index (κ1) is 18.1. The molecule has 0 aliphatic rings. The van der Waals surface area contributed by atoms with Gasteiger partial charge in [-0.3, -0.25) is 0 Å². The Hall–Kier alpha value is -1.98. The van der Waals surface area contributed by atoms with E-state index in [9.17, 15) is 18.0 Å². The minimum absolute atomic E-state index is 0.122. The number of benzene rings is 1. The van der Waals surface area contributed by atoms with Crippen molar-refractivity contribution in [1.82, 2.24) is 0 Å². The summed E-state index contributed by atoms with van der Waals surface area (Å²) in [6.45, 7) is 8.03. The van der Waals surface area contributed by atoms with Crippen molar-refractivity contribution in [3.63, 3.8) is 0 Å². The quantitative estimate of drug-likeness (QED) is 0.616. The number of carbonyl (C=O) groups is 1. The third-order valence-electron chi connectivity index (χ3n) is 2.76. The molecule has 0 radical (unpaired) electrons. The molecule has 1 rings (SSSR count). The van der Waals surface area contributed by atoms with Crippen molar-refractivity contribution in [1.29, 1.82) is 0 Å². The van der Waals surface area contributed by atoms with Gasteiger partial charge in [-0.05, 0) is 38.5 Å². The fourth-order valence-corrected chi connectivity index (χ4v) is 1.87. The zero-order valence-electron chi connectivity index (χ0n) is 13.0. The van der Waals surface area contributed by atoms with Gasteiger partial charge in [0.25, 0.3) is 0 Å². The fourth-order valence-electron chi connectivity index (χ4n) is 1.87. The fraction of sp³-hybridized carbons (Fsp3) is 0.438. The van der Waals surface area contributed by atoms with Gasteiger partial charge in [-0.2, -0.15) is 13.2 Å². The molecule has 1 aromatic rings. The van der Waals surface area contributed by atoms with Gasteiger partial charge in [-0.15, -0.1) is 0 Å². The van der Waals surface area contributed by atoms with Gasteiger partial charge in [0.2, 0.25) is 0 Å². The maximum Gasteiger partial charge on any atom is 0.399 e. The van der Waals surface area contributed by atoms with E-state index in [0.29, 0.717) is 0 Å². The van der Waals surface area contributed by atoms with Crippen LogP contribution < -0.4 is 4.74 Å². The number of hydrogen-bond acceptors (Lipinski definition) is 3. The Morgan fingerprint density at radius 1 is 1.23 bits per heavy atom. The second-order valence-corrected chi connectivity index (χ2v) is 5.78. The van der Waals surface area contributed by atoms with E-state index in [1.54, 1.807) is 20.8 Å². The van der Waals surface area contributed by atoms with Gasteiger partial charge in [-0.25, -0.2) is 4.79 Å². The van der Waals surface area contributed by atoms with Gasteiger partial charge in [-0.1, -0.05) is 18.7 Å². The lowest BCUT2D eigenvalue weighted by Gasteiger charge is -2.25. The third-order valence-corrected chi connectivity index (χ3v) is 2.76. The molecule has 0 bridgehead atoms. The second kappa shape index (κ2) is 6.42. The van der Waals surface area contributed by atoms with Crippen LogP contribution in [0.5, 0.6) is 5.75 Å². The Bertz CT molecular complexity index is 556. The van der Waals surface area contributed by atoms with Crippen LogP contribution in [0.2, 0.25) is 0 Å². The summed E-state index contributed by atoms with van der Waals surface area (Å²) in [5, 5.41) is 0. The molecule has 0 aliphatic carbocycles. The first-order valence-corrected chi connectivity index (χ1v) is 6.58. The van der Waals surface area contributed by atoms with Crippen LogP contribution in [0.4, 0.5) is 13.2 Å². The van der Waals surface area contributed by atoms with E-state index in [2.05, 4.69) is 6.58 Å². The Balaban J connectivity index is 3.19. The number of methoxy groups -OCH3 is 1. The van der Waals surface area contributed by atoms with Gasteiger partial charge in [0.15, 0.2) is 0 Å². The molecular formula is C16H19F3O3. The van der Waals surface area contributed by atoms with E-state index in [-0.39, 0.29) is 11.3 Å². The molecule has 0 amide bonds. The van der Waals surface area contributed by atoms with Gasteiger partial charge >= 0.3 is 12.1 Å². The summed E-state index contributed by atoms with van der Waals surface area (Å²) in [5.41, 5.74) is -1.68. The van der Waals surface area contributed by atoms with E-state index in [4.69, 9.17) is 9.47 Å². The Morgan fingerprint density at radius 2 is 1.82 bits per heavy atom. The van der Waals surface area contributed by atoms with Crippen molar-refractivity contribution >= 4 is 5.97 Å². The Kier molecular flexibility index (Phi) is 5.27. The number of hydrogen-bond donors (Lipinski definition) is 0. The zero-order valence-corrected chi connectivity index (χ0v) is 13.0. The summed E-state index contributed by atoms with van der Waals surface area (Å²) in [5.74, 6) is -2.95. The predicted octanol–water partition coefficient (Wildman–Crippen LogP) is 4.24. The van der Waals surface area contributed by atoms with Gasteiger partial charge in [0.05, 0.1) is 7.11 Å². The van der Waals surface area contributed by atoms with Crippen molar-refractivity contribution in [3.05, 3.63) is 42.0 Å². The molecule has 0 saturated heterocycles. The molecule has 1 aromatic carbocycles. The topological polar surface area (TPSA) is 35.5 Å². The number of alkyl halides is 3. The smallest absolute Gasteiger partial charge is 0.399 e. The minimum Gasteiger partial charge on any atom is -0.497 e. The Morgan fingerprint density at radius 3 is 2.27 bits per heavy atom. The number of halogens is 3. The monoisotopic (exact) mass is 316 g/mol. The Labute approximate surface area is 127 Å². The van der Waals surface area contributed by atoms with Crippen LogP contribution in [0.25, 0.3) is 0 Å². The molecule has 0 N–H and O–H groups in total. The van der Waals surface area contributed by atoms with Crippen LogP contribution in [0.15, 0.2) is 36.4 Å². The molecule has 6 heteroatoms. The van der Waals surface area contributed by atoms with E-state index >= 15 is 0 Å². The van der Waals surface area contributed by atoms with Crippen LogP contribution in [-0.4, -0.2) is 24.9 Å². The zero-order chi connectivity index (χ0) is 17.1. The molecule has 22 heavy (non-hydrogen) atoms. The summed E-state index contributed by atoms with van der Waals surface area (Å²) in [6, 6.07) is 5.45. The largest absolute Gasteiger partial charge is 0.497 e. The highest BCUT2D eigenvalue weighted by Crippen LogP contribution is 2.41. The summed E-state index contributed by atoms with van der Waals surface area (Å²) < 4.78 is 50.0. The first-order chi connectivity index (χ1) is 9.95. The predicted molar refractivity (Wildman–Crippen MR) is 76.8 cm³/mol. The molecule has 1 unspecified atom stereocenters. The SMILES string of the molecule is C=C(C(=O)OC(C)(C)C)C(c1cccc(OC)c1)C(F)(F)F. The number of ether oxygens (including phenoxy) is 2. The molecule has 0 saturated carbocycles. The van der Waals surface area contributed by atoms with Gasteiger partial charge in [0.1, 0.15) is 17.3 Å². The van der Waals surface area contributed by atoms with Crippen LogP contribution in [0.1, 0.15) is 32.3 Å². The highest BCUT2D eigenvalue weighted by atomic mass is 19.4. The van der Waals surface area contributed by atoms with Crippen LogP contribution in [-0.2, 0) is 9.53 Å². The summed E-state index contributed by atoms with van der Waals surface area (Å²) in [4.78, 5) is 11.9. The number of esters is 1. The first-order valence-electron chi connectivity index (χ1n) is 6.58.